The van der Waals surface area contributed by atoms with Crippen LogP contribution in [0.4, 0.5) is 13.2 Å². The SMILES string of the molecule is COC(=O)c1ccc2c(c1)CCC(OC1CC(C)CC(C)C1)C2C(F)(F)F. The number of aryl methyl sites for hydroxylation is 1. The third-order valence-electron chi connectivity index (χ3n) is 5.82. The molecular formula is C21H27F3O3. The quantitative estimate of drug-likeness (QED) is 0.666. The molecule has 2 aliphatic carbocycles. The molecule has 4 unspecified atom stereocenters. The Morgan fingerprint density at radius 3 is 2.37 bits per heavy atom. The summed E-state index contributed by atoms with van der Waals surface area (Å²) in [4.78, 5) is 11.7. The normalized spacial score (nSPS) is 31.3. The molecule has 1 aromatic rings. The van der Waals surface area contributed by atoms with E-state index in [0.29, 0.717) is 30.2 Å². The van der Waals surface area contributed by atoms with Gasteiger partial charge in [-0.25, -0.2) is 4.79 Å². The minimum Gasteiger partial charge on any atom is -0.465 e. The predicted molar refractivity (Wildman–Crippen MR) is 95.7 cm³/mol. The van der Waals surface area contributed by atoms with Crippen molar-refractivity contribution in [3.8, 4) is 0 Å². The van der Waals surface area contributed by atoms with Crippen LogP contribution in [0.25, 0.3) is 0 Å². The zero-order valence-corrected chi connectivity index (χ0v) is 16.0. The first-order chi connectivity index (χ1) is 12.7. The number of carbonyl (C=O) groups is 1. The van der Waals surface area contributed by atoms with E-state index in [1.54, 1.807) is 0 Å². The molecule has 0 amide bonds. The monoisotopic (exact) mass is 384 g/mol. The molecule has 3 nitrogen and oxygen atoms in total. The Bertz CT molecular complexity index is 676. The fraction of sp³-hybridized carbons (Fsp3) is 0.667. The number of benzene rings is 1. The number of hydrogen-bond acceptors (Lipinski definition) is 3. The van der Waals surface area contributed by atoms with Crippen LogP contribution >= 0.6 is 0 Å². The number of ether oxygens (including phenoxy) is 2. The van der Waals surface area contributed by atoms with Gasteiger partial charge in [0.2, 0.25) is 0 Å². The maximum atomic E-state index is 13.9. The minimum absolute atomic E-state index is 0.116. The highest BCUT2D eigenvalue weighted by Crippen LogP contribution is 2.46. The molecule has 1 saturated carbocycles. The molecule has 1 aromatic carbocycles. The molecule has 0 N–H and O–H groups in total. The third-order valence-corrected chi connectivity index (χ3v) is 5.82. The number of rotatable bonds is 3. The molecule has 150 valence electrons. The molecule has 0 saturated heterocycles. The van der Waals surface area contributed by atoms with E-state index in [0.717, 1.165) is 19.3 Å². The first-order valence-electron chi connectivity index (χ1n) is 9.62. The summed E-state index contributed by atoms with van der Waals surface area (Å²) in [5.74, 6) is -1.24. The third kappa shape index (κ3) is 4.48. The molecule has 0 bridgehead atoms. The van der Waals surface area contributed by atoms with Crippen LogP contribution in [0.2, 0.25) is 0 Å². The maximum absolute atomic E-state index is 13.9. The zero-order chi connectivity index (χ0) is 19.8. The van der Waals surface area contributed by atoms with Gasteiger partial charge in [0, 0.05) is 0 Å². The van der Waals surface area contributed by atoms with Gasteiger partial charge in [-0.1, -0.05) is 19.9 Å². The number of alkyl halides is 3. The molecule has 0 aromatic heterocycles. The van der Waals surface area contributed by atoms with Gasteiger partial charge < -0.3 is 9.47 Å². The second kappa shape index (κ2) is 7.82. The molecule has 0 heterocycles. The highest BCUT2D eigenvalue weighted by molar-refractivity contribution is 5.89. The number of carbonyl (C=O) groups excluding carboxylic acids is 1. The van der Waals surface area contributed by atoms with Crippen molar-refractivity contribution in [1.29, 1.82) is 0 Å². The Morgan fingerprint density at radius 2 is 1.78 bits per heavy atom. The van der Waals surface area contributed by atoms with Crippen molar-refractivity contribution in [2.75, 3.05) is 7.11 Å². The molecule has 1 fully saturated rings. The first kappa shape index (κ1) is 20.2. The lowest BCUT2D eigenvalue weighted by Crippen LogP contribution is -2.41. The van der Waals surface area contributed by atoms with Crippen molar-refractivity contribution >= 4 is 5.97 Å². The molecule has 0 radical (unpaired) electrons. The van der Waals surface area contributed by atoms with E-state index >= 15 is 0 Å². The van der Waals surface area contributed by atoms with Gasteiger partial charge in [-0.3, -0.25) is 0 Å². The summed E-state index contributed by atoms with van der Waals surface area (Å²) in [6.07, 6.45) is -1.86. The number of halogens is 3. The van der Waals surface area contributed by atoms with Crippen molar-refractivity contribution in [2.24, 2.45) is 11.8 Å². The topological polar surface area (TPSA) is 35.5 Å². The van der Waals surface area contributed by atoms with E-state index in [1.807, 2.05) is 0 Å². The summed E-state index contributed by atoms with van der Waals surface area (Å²) < 4.78 is 52.5. The summed E-state index contributed by atoms with van der Waals surface area (Å²) in [6, 6.07) is 4.36. The van der Waals surface area contributed by atoms with Crippen LogP contribution in [0.3, 0.4) is 0 Å². The average molecular weight is 384 g/mol. The zero-order valence-electron chi connectivity index (χ0n) is 16.0. The Labute approximate surface area is 158 Å². The fourth-order valence-electron chi connectivity index (χ4n) is 4.80. The lowest BCUT2D eigenvalue weighted by molar-refractivity contribution is -0.193. The molecular weight excluding hydrogens is 357 g/mol. The smallest absolute Gasteiger partial charge is 0.398 e. The fourth-order valence-corrected chi connectivity index (χ4v) is 4.80. The van der Waals surface area contributed by atoms with Gasteiger partial charge in [0.25, 0.3) is 0 Å². The largest absolute Gasteiger partial charge is 0.465 e. The molecule has 3 rings (SSSR count). The van der Waals surface area contributed by atoms with E-state index < -0.39 is 24.2 Å². The Kier molecular flexibility index (Phi) is 5.84. The number of methoxy groups -OCH3 is 1. The van der Waals surface area contributed by atoms with Crippen LogP contribution in [0.5, 0.6) is 0 Å². The number of fused-ring (bicyclic) bond motifs is 1. The van der Waals surface area contributed by atoms with Gasteiger partial charge in [0.05, 0.1) is 24.9 Å². The van der Waals surface area contributed by atoms with Crippen LogP contribution in [0.15, 0.2) is 18.2 Å². The van der Waals surface area contributed by atoms with Crippen LogP contribution in [0, 0.1) is 11.8 Å². The van der Waals surface area contributed by atoms with E-state index in [4.69, 9.17) is 4.74 Å². The molecule has 6 heteroatoms. The van der Waals surface area contributed by atoms with Gasteiger partial charge in [-0.05, 0) is 67.2 Å². The van der Waals surface area contributed by atoms with E-state index in [2.05, 4.69) is 18.6 Å². The molecule has 2 aliphatic rings. The number of esters is 1. The summed E-state index contributed by atoms with van der Waals surface area (Å²) in [7, 11) is 1.26. The van der Waals surface area contributed by atoms with Crippen molar-refractivity contribution in [3.05, 3.63) is 34.9 Å². The highest BCUT2D eigenvalue weighted by Gasteiger charge is 2.49. The van der Waals surface area contributed by atoms with E-state index in [1.165, 1.54) is 25.3 Å². The van der Waals surface area contributed by atoms with Crippen LogP contribution in [0.1, 0.15) is 66.9 Å². The van der Waals surface area contributed by atoms with Crippen molar-refractivity contribution < 1.29 is 27.4 Å². The van der Waals surface area contributed by atoms with Crippen LogP contribution < -0.4 is 0 Å². The standard InChI is InChI=1S/C21H27F3O3/c1-12-8-13(2)10-16(9-12)27-18-7-5-14-11-15(20(25)26-3)4-6-17(14)19(18)21(22,23)24/h4,6,11-13,16,18-19H,5,7-10H2,1-3H3. The van der Waals surface area contributed by atoms with Gasteiger partial charge in [0.1, 0.15) is 5.92 Å². The van der Waals surface area contributed by atoms with Gasteiger partial charge in [-0.15, -0.1) is 0 Å². The minimum atomic E-state index is -4.39. The number of hydrogen-bond donors (Lipinski definition) is 0. The first-order valence-corrected chi connectivity index (χ1v) is 9.62. The Balaban J connectivity index is 1.86. The van der Waals surface area contributed by atoms with Crippen molar-refractivity contribution in [3.63, 3.8) is 0 Å². The second-order valence-corrected chi connectivity index (χ2v) is 8.18. The van der Waals surface area contributed by atoms with Crippen LogP contribution in [-0.4, -0.2) is 31.5 Å². The van der Waals surface area contributed by atoms with Crippen molar-refractivity contribution in [1.82, 2.24) is 0 Å². The molecule has 0 aliphatic heterocycles. The van der Waals surface area contributed by atoms with Crippen LogP contribution in [-0.2, 0) is 15.9 Å². The predicted octanol–water partition coefficient (Wildman–Crippen LogP) is 5.28. The van der Waals surface area contributed by atoms with E-state index in [-0.39, 0.29) is 17.2 Å². The summed E-state index contributed by atoms with van der Waals surface area (Å²) in [5, 5.41) is 0. The summed E-state index contributed by atoms with van der Waals surface area (Å²) >= 11 is 0. The van der Waals surface area contributed by atoms with Gasteiger partial charge in [-0.2, -0.15) is 13.2 Å². The summed E-state index contributed by atoms with van der Waals surface area (Å²) in [5.41, 5.74) is 1.07. The summed E-state index contributed by atoms with van der Waals surface area (Å²) in [6.45, 7) is 4.27. The Morgan fingerprint density at radius 1 is 1.11 bits per heavy atom. The Hall–Kier alpha value is -1.56. The van der Waals surface area contributed by atoms with E-state index in [9.17, 15) is 18.0 Å². The second-order valence-electron chi connectivity index (χ2n) is 8.18. The maximum Gasteiger partial charge on any atom is 0.398 e. The average Bonchev–Trinajstić information content (AvgIpc) is 2.58. The molecule has 0 spiro atoms. The lowest BCUT2D eigenvalue weighted by atomic mass is 9.78. The molecule has 27 heavy (non-hydrogen) atoms. The van der Waals surface area contributed by atoms with Crippen molar-refractivity contribution in [2.45, 2.75) is 70.3 Å². The molecule has 4 atom stereocenters. The van der Waals surface area contributed by atoms with Gasteiger partial charge >= 0.3 is 12.1 Å². The lowest BCUT2D eigenvalue weighted by Gasteiger charge is -2.39. The highest BCUT2D eigenvalue weighted by atomic mass is 19.4. The van der Waals surface area contributed by atoms with Gasteiger partial charge in [0.15, 0.2) is 0 Å².